The number of carbonyl (C=O) groups excluding carboxylic acids is 1. The van der Waals surface area contributed by atoms with Crippen LogP contribution in [0, 0.1) is 0 Å². The number of para-hydroxylation sites is 1. The molecule has 2 aliphatic heterocycles. The predicted molar refractivity (Wildman–Crippen MR) is 92.1 cm³/mol. The van der Waals surface area contributed by atoms with Crippen LogP contribution in [0.5, 0.6) is 5.75 Å². The number of nitrogens with zero attached hydrogens (tertiary/aromatic N) is 1. The van der Waals surface area contributed by atoms with Crippen LogP contribution in [0.3, 0.4) is 0 Å². The van der Waals surface area contributed by atoms with Gasteiger partial charge in [0.1, 0.15) is 5.75 Å². The number of rotatable bonds is 5. The van der Waals surface area contributed by atoms with E-state index in [9.17, 15) is 4.79 Å². The van der Waals surface area contributed by atoms with Crippen molar-refractivity contribution >= 4 is 5.91 Å². The van der Waals surface area contributed by atoms with Crippen molar-refractivity contribution in [3.8, 4) is 5.75 Å². The molecule has 0 spiro atoms. The zero-order chi connectivity index (χ0) is 16.9. The Labute approximate surface area is 143 Å². The number of hydrogen-bond acceptors (Lipinski definition) is 5. The maximum Gasteiger partial charge on any atom is 0.237 e. The van der Waals surface area contributed by atoms with Crippen molar-refractivity contribution < 1.29 is 14.3 Å². The minimum Gasteiger partial charge on any atom is -0.493 e. The van der Waals surface area contributed by atoms with E-state index in [0.717, 1.165) is 37.4 Å². The highest BCUT2D eigenvalue weighted by atomic mass is 16.5. The first-order chi connectivity index (χ1) is 11.6. The summed E-state index contributed by atoms with van der Waals surface area (Å²) >= 11 is 0. The molecule has 2 N–H and O–H groups in total. The van der Waals surface area contributed by atoms with E-state index < -0.39 is 0 Å². The fourth-order valence-corrected chi connectivity index (χ4v) is 3.18. The van der Waals surface area contributed by atoms with Crippen molar-refractivity contribution in [2.24, 2.45) is 0 Å². The summed E-state index contributed by atoms with van der Waals surface area (Å²) in [6.45, 7) is 5.83. The average Bonchev–Trinajstić information content (AvgIpc) is 2.60. The van der Waals surface area contributed by atoms with Crippen LogP contribution in [0.25, 0.3) is 0 Å². The van der Waals surface area contributed by atoms with Crippen molar-refractivity contribution in [2.75, 3.05) is 39.9 Å². The van der Waals surface area contributed by atoms with Gasteiger partial charge < -0.3 is 25.0 Å². The molecule has 0 aliphatic carbocycles. The van der Waals surface area contributed by atoms with Gasteiger partial charge >= 0.3 is 0 Å². The second kappa shape index (κ2) is 7.96. The Bertz CT molecular complexity index is 566. The first-order valence-corrected chi connectivity index (χ1v) is 8.69. The molecule has 1 aromatic carbocycles. The van der Waals surface area contributed by atoms with Gasteiger partial charge in [-0.25, -0.2) is 0 Å². The van der Waals surface area contributed by atoms with E-state index in [-0.39, 0.29) is 24.1 Å². The highest BCUT2D eigenvalue weighted by Gasteiger charge is 2.25. The zero-order valence-corrected chi connectivity index (χ0v) is 14.5. The van der Waals surface area contributed by atoms with Crippen molar-refractivity contribution in [2.45, 2.75) is 31.5 Å². The Kier molecular flexibility index (Phi) is 5.71. The largest absolute Gasteiger partial charge is 0.493 e. The number of carbonyl (C=O) groups is 1. The number of likely N-dealkylation sites (N-methyl/N-ethyl adjacent to an activating group) is 1. The number of amides is 1. The standard InChI is InChI=1S/C18H27N3O3/c1-13(19-11-14-12-21(2)8-10-23-14)18(22)20-16-7-9-24-17-6-4-3-5-15(16)17/h3-6,13-14,16,19H,7-12H2,1-2H3,(H,20,22)/t13-,14-,16-/m0/s1. The van der Waals surface area contributed by atoms with Crippen LogP contribution in [-0.2, 0) is 9.53 Å². The van der Waals surface area contributed by atoms with Gasteiger partial charge in [-0.3, -0.25) is 4.79 Å². The Morgan fingerprint density at radius 2 is 2.21 bits per heavy atom. The summed E-state index contributed by atoms with van der Waals surface area (Å²) in [5.74, 6) is 0.883. The zero-order valence-electron chi connectivity index (χ0n) is 14.5. The summed E-state index contributed by atoms with van der Waals surface area (Å²) in [5.41, 5.74) is 1.06. The van der Waals surface area contributed by atoms with Crippen LogP contribution in [0.15, 0.2) is 24.3 Å². The van der Waals surface area contributed by atoms with E-state index in [4.69, 9.17) is 9.47 Å². The second-order valence-corrected chi connectivity index (χ2v) is 6.62. The number of benzene rings is 1. The number of ether oxygens (including phenoxy) is 2. The first-order valence-electron chi connectivity index (χ1n) is 8.69. The SMILES string of the molecule is C[C@H](NC[C@H]1CN(C)CCO1)C(=O)N[C@H]1CCOc2ccccc21. The molecule has 2 aliphatic rings. The molecule has 3 rings (SSSR count). The van der Waals surface area contributed by atoms with Crippen molar-refractivity contribution in [3.05, 3.63) is 29.8 Å². The predicted octanol–water partition coefficient (Wildman–Crippen LogP) is 0.935. The van der Waals surface area contributed by atoms with Crippen LogP contribution >= 0.6 is 0 Å². The van der Waals surface area contributed by atoms with Crippen LogP contribution in [0.2, 0.25) is 0 Å². The summed E-state index contributed by atoms with van der Waals surface area (Å²) < 4.78 is 11.4. The van der Waals surface area contributed by atoms with Gasteiger partial charge in [0.2, 0.25) is 5.91 Å². The Hall–Kier alpha value is -1.63. The molecular formula is C18H27N3O3. The molecule has 3 atom stereocenters. The van der Waals surface area contributed by atoms with Gasteiger partial charge in [-0.2, -0.15) is 0 Å². The molecule has 0 bridgehead atoms. The number of nitrogens with one attached hydrogen (secondary N) is 2. The van der Waals surface area contributed by atoms with E-state index in [1.807, 2.05) is 31.2 Å². The lowest BCUT2D eigenvalue weighted by molar-refractivity contribution is -0.124. The molecule has 1 aromatic rings. The normalized spacial score (nSPS) is 25.4. The fraction of sp³-hybridized carbons (Fsp3) is 0.611. The third-order valence-electron chi connectivity index (χ3n) is 4.66. The molecule has 0 unspecified atom stereocenters. The lowest BCUT2D eigenvalue weighted by Crippen LogP contribution is -2.50. The van der Waals surface area contributed by atoms with Gasteiger partial charge in [0.15, 0.2) is 0 Å². The molecule has 1 saturated heterocycles. The van der Waals surface area contributed by atoms with Gasteiger partial charge in [0, 0.05) is 31.6 Å². The first kappa shape index (κ1) is 17.2. The lowest BCUT2D eigenvalue weighted by Gasteiger charge is -2.31. The Morgan fingerprint density at radius 3 is 3.04 bits per heavy atom. The van der Waals surface area contributed by atoms with Crippen LogP contribution in [0.4, 0.5) is 0 Å². The van der Waals surface area contributed by atoms with Gasteiger partial charge in [-0.05, 0) is 20.0 Å². The van der Waals surface area contributed by atoms with Crippen LogP contribution in [0.1, 0.15) is 24.9 Å². The van der Waals surface area contributed by atoms with Gasteiger partial charge in [-0.15, -0.1) is 0 Å². The Morgan fingerprint density at radius 1 is 1.38 bits per heavy atom. The second-order valence-electron chi connectivity index (χ2n) is 6.62. The lowest BCUT2D eigenvalue weighted by atomic mass is 10.0. The van der Waals surface area contributed by atoms with E-state index in [1.165, 1.54) is 0 Å². The summed E-state index contributed by atoms with van der Waals surface area (Å²) in [5, 5.41) is 6.43. The van der Waals surface area contributed by atoms with E-state index in [1.54, 1.807) is 0 Å². The summed E-state index contributed by atoms with van der Waals surface area (Å²) in [6, 6.07) is 7.66. The fourth-order valence-electron chi connectivity index (χ4n) is 3.18. The number of fused-ring (bicyclic) bond motifs is 1. The minimum absolute atomic E-state index is 0.0147. The smallest absolute Gasteiger partial charge is 0.237 e. The maximum absolute atomic E-state index is 12.5. The summed E-state index contributed by atoms with van der Waals surface area (Å²) in [6.07, 6.45) is 0.939. The summed E-state index contributed by atoms with van der Waals surface area (Å²) in [4.78, 5) is 14.7. The average molecular weight is 333 g/mol. The van der Waals surface area contributed by atoms with Gasteiger partial charge in [0.05, 0.1) is 31.4 Å². The molecule has 1 fully saturated rings. The molecule has 0 radical (unpaired) electrons. The van der Waals surface area contributed by atoms with Crippen LogP contribution in [-0.4, -0.2) is 62.8 Å². The van der Waals surface area contributed by atoms with Gasteiger partial charge in [0.25, 0.3) is 0 Å². The monoisotopic (exact) mass is 333 g/mol. The summed E-state index contributed by atoms with van der Waals surface area (Å²) in [7, 11) is 2.09. The minimum atomic E-state index is -0.254. The van der Waals surface area contributed by atoms with Crippen molar-refractivity contribution in [1.82, 2.24) is 15.5 Å². The van der Waals surface area contributed by atoms with Gasteiger partial charge in [-0.1, -0.05) is 18.2 Å². The van der Waals surface area contributed by atoms with E-state index in [2.05, 4.69) is 22.6 Å². The molecule has 0 saturated carbocycles. The third kappa shape index (κ3) is 4.26. The van der Waals surface area contributed by atoms with E-state index in [0.29, 0.717) is 13.2 Å². The molecule has 0 aromatic heterocycles. The molecule has 2 heterocycles. The Balaban J connectivity index is 1.50. The molecule has 24 heavy (non-hydrogen) atoms. The molecule has 6 heteroatoms. The molecule has 6 nitrogen and oxygen atoms in total. The van der Waals surface area contributed by atoms with Crippen molar-refractivity contribution in [1.29, 1.82) is 0 Å². The van der Waals surface area contributed by atoms with Crippen molar-refractivity contribution in [3.63, 3.8) is 0 Å². The molecule has 1 amide bonds. The highest BCUT2D eigenvalue weighted by Crippen LogP contribution is 2.31. The molecule has 132 valence electrons. The topological polar surface area (TPSA) is 62.8 Å². The highest BCUT2D eigenvalue weighted by molar-refractivity contribution is 5.81. The number of morpholine rings is 1. The maximum atomic E-state index is 12.5. The molecular weight excluding hydrogens is 306 g/mol. The van der Waals surface area contributed by atoms with E-state index >= 15 is 0 Å². The van der Waals surface area contributed by atoms with Crippen LogP contribution < -0.4 is 15.4 Å². The third-order valence-corrected chi connectivity index (χ3v) is 4.66. The number of hydrogen-bond donors (Lipinski definition) is 2. The quantitative estimate of drug-likeness (QED) is 0.840.